The summed E-state index contributed by atoms with van der Waals surface area (Å²) in [6.07, 6.45) is 15.1. The number of nitrogens with one attached hydrogen (secondary N) is 2. The number of hydrogen-bond donors (Lipinski definition) is 2. The van der Waals surface area contributed by atoms with Crippen LogP contribution in [-0.2, 0) is 4.79 Å². The average Bonchev–Trinajstić information content (AvgIpc) is 2.98. The number of carbonyl (C=O) groups excluding carboxylic acids is 1. The van der Waals surface area contributed by atoms with Gasteiger partial charge in [-0.2, -0.15) is 4.98 Å². The third-order valence-corrected chi connectivity index (χ3v) is 6.63. The van der Waals surface area contributed by atoms with E-state index < -0.39 is 0 Å². The average molecular weight is 532 g/mol. The molecule has 8 nitrogen and oxygen atoms in total. The minimum atomic E-state index is -0.0987. The van der Waals surface area contributed by atoms with Gasteiger partial charge in [0.1, 0.15) is 5.69 Å². The number of rotatable bonds is 6. The van der Waals surface area contributed by atoms with Gasteiger partial charge in [-0.3, -0.25) is 9.79 Å². The Balaban J connectivity index is 1.31. The summed E-state index contributed by atoms with van der Waals surface area (Å²) in [4.78, 5) is 35.1. The Bertz CT molecular complexity index is 1520. The highest BCUT2D eigenvalue weighted by atomic mass is 16.1. The number of nitrogens with zero attached hydrogens (tertiary/aromatic N) is 5. The number of anilines is 3. The molecule has 0 radical (unpaired) electrons. The van der Waals surface area contributed by atoms with Crippen LogP contribution >= 0.6 is 0 Å². The van der Waals surface area contributed by atoms with Gasteiger partial charge in [0.2, 0.25) is 11.9 Å². The molecule has 1 saturated carbocycles. The standard InChI is InChI=1S/C32H33N7O/c1-22(2)31(40)37-27-17-19-33-26(20-27)16-13-23-11-14-25(15-12-23)38-32-35-21-28(29-10-6-7-18-34-29)30(39-32)36-24-8-4-3-5-9-24/h10-12,14-15,17-22H,3-9H2,1-2H3,(H,33,37,40)(H,35,38,39). The zero-order valence-electron chi connectivity index (χ0n) is 22.9. The summed E-state index contributed by atoms with van der Waals surface area (Å²) in [5, 5.41) is 6.17. The maximum Gasteiger partial charge on any atom is 0.229 e. The molecule has 1 fully saturated rings. The zero-order valence-corrected chi connectivity index (χ0v) is 22.9. The molecular weight excluding hydrogens is 498 g/mol. The van der Waals surface area contributed by atoms with Gasteiger partial charge in [-0.05, 0) is 80.8 Å². The topological polar surface area (TPSA) is 105 Å². The second-order valence-electron chi connectivity index (χ2n) is 10.2. The molecule has 202 valence electrons. The van der Waals surface area contributed by atoms with Crippen molar-refractivity contribution in [3.05, 3.63) is 71.7 Å². The molecular formula is C32H33N7O. The number of aliphatic imine (C=N–C) groups is 2. The Morgan fingerprint density at radius 2 is 1.80 bits per heavy atom. The first-order valence-electron chi connectivity index (χ1n) is 13.9. The van der Waals surface area contributed by atoms with E-state index in [1.54, 1.807) is 18.3 Å². The summed E-state index contributed by atoms with van der Waals surface area (Å²) < 4.78 is 0. The van der Waals surface area contributed by atoms with Gasteiger partial charge in [0.25, 0.3) is 0 Å². The largest absolute Gasteiger partial charge is 0.326 e. The van der Waals surface area contributed by atoms with Gasteiger partial charge in [-0.25, -0.2) is 15.0 Å². The summed E-state index contributed by atoms with van der Waals surface area (Å²) in [7, 11) is 0. The minimum Gasteiger partial charge on any atom is -0.326 e. The first-order chi connectivity index (χ1) is 19.5. The van der Waals surface area contributed by atoms with Crippen molar-refractivity contribution in [2.24, 2.45) is 15.9 Å². The van der Waals surface area contributed by atoms with Crippen LogP contribution in [0.1, 0.15) is 75.6 Å². The smallest absolute Gasteiger partial charge is 0.229 e. The predicted octanol–water partition coefficient (Wildman–Crippen LogP) is 6.85. The second kappa shape index (κ2) is 12.9. The van der Waals surface area contributed by atoms with Crippen LogP contribution in [0.4, 0.5) is 23.1 Å². The molecule has 5 rings (SSSR count). The van der Waals surface area contributed by atoms with E-state index in [4.69, 9.17) is 9.98 Å². The fourth-order valence-corrected chi connectivity index (χ4v) is 4.38. The molecule has 1 aromatic carbocycles. The van der Waals surface area contributed by atoms with E-state index in [1.165, 1.54) is 25.0 Å². The van der Waals surface area contributed by atoms with E-state index in [1.807, 2.05) is 50.5 Å². The Kier molecular flexibility index (Phi) is 8.72. The minimum absolute atomic E-state index is 0.0417. The molecule has 40 heavy (non-hydrogen) atoms. The number of benzene rings is 1. The predicted molar refractivity (Wildman–Crippen MR) is 161 cm³/mol. The van der Waals surface area contributed by atoms with E-state index in [-0.39, 0.29) is 11.8 Å². The van der Waals surface area contributed by atoms with Crippen molar-refractivity contribution in [2.45, 2.75) is 58.8 Å². The molecule has 2 aromatic heterocycles. The SMILES string of the molecule is CC(C)C(=O)Nc1ccnc(C#Cc2ccc(Nc3ncc(C4=CCCC=N4)c(N=C4CCCCC4)n3)cc2)c1. The Morgan fingerprint density at radius 3 is 2.55 bits per heavy atom. The number of hydrogen-bond acceptors (Lipinski definition) is 7. The lowest BCUT2D eigenvalue weighted by Crippen LogP contribution is -2.17. The lowest BCUT2D eigenvalue weighted by Gasteiger charge is -2.15. The number of allylic oxidation sites excluding steroid dienone is 1. The number of carbonyl (C=O) groups is 1. The maximum atomic E-state index is 12.0. The van der Waals surface area contributed by atoms with Crippen molar-refractivity contribution in [1.82, 2.24) is 15.0 Å². The van der Waals surface area contributed by atoms with Gasteiger partial charge in [-0.15, -0.1) is 0 Å². The van der Waals surface area contributed by atoms with Crippen molar-refractivity contribution in [2.75, 3.05) is 10.6 Å². The second-order valence-corrected chi connectivity index (χ2v) is 10.2. The van der Waals surface area contributed by atoms with Crippen LogP contribution in [0.25, 0.3) is 5.70 Å². The van der Waals surface area contributed by atoms with Crippen molar-refractivity contribution >= 4 is 46.7 Å². The summed E-state index contributed by atoms with van der Waals surface area (Å²) >= 11 is 0. The van der Waals surface area contributed by atoms with Crippen LogP contribution in [0.5, 0.6) is 0 Å². The molecule has 1 aliphatic heterocycles. The van der Waals surface area contributed by atoms with Crippen LogP contribution < -0.4 is 10.6 Å². The van der Waals surface area contributed by atoms with Crippen LogP contribution in [0.15, 0.2) is 64.9 Å². The summed E-state index contributed by atoms with van der Waals surface area (Å²) in [6, 6.07) is 11.3. The monoisotopic (exact) mass is 531 g/mol. The molecule has 1 aliphatic carbocycles. The summed E-state index contributed by atoms with van der Waals surface area (Å²) in [5.41, 5.74) is 5.91. The first kappa shape index (κ1) is 26.9. The lowest BCUT2D eigenvalue weighted by atomic mass is 9.98. The van der Waals surface area contributed by atoms with Crippen LogP contribution in [0.2, 0.25) is 0 Å². The number of aromatic nitrogens is 3. The number of amides is 1. The Hall–Kier alpha value is -4.64. The lowest BCUT2D eigenvalue weighted by molar-refractivity contribution is -0.118. The normalized spacial score (nSPS) is 14.7. The molecule has 2 N–H and O–H groups in total. The Labute approximate surface area is 235 Å². The molecule has 2 aliphatic rings. The van der Waals surface area contributed by atoms with E-state index in [0.29, 0.717) is 23.1 Å². The van der Waals surface area contributed by atoms with Gasteiger partial charge in [-0.1, -0.05) is 32.3 Å². The highest BCUT2D eigenvalue weighted by Gasteiger charge is 2.15. The van der Waals surface area contributed by atoms with Gasteiger partial charge < -0.3 is 10.6 Å². The third kappa shape index (κ3) is 7.26. The molecule has 3 aromatic rings. The zero-order chi connectivity index (χ0) is 27.7. The highest BCUT2D eigenvalue weighted by Crippen LogP contribution is 2.30. The molecule has 3 heterocycles. The summed E-state index contributed by atoms with van der Waals surface area (Å²) in [6.45, 7) is 3.71. The van der Waals surface area contributed by atoms with Gasteiger partial charge >= 0.3 is 0 Å². The maximum absolute atomic E-state index is 12.0. The van der Waals surface area contributed by atoms with Gasteiger partial charge in [0.05, 0.1) is 11.3 Å². The number of pyridine rings is 1. The molecule has 0 atom stereocenters. The van der Waals surface area contributed by atoms with Crippen LogP contribution in [-0.4, -0.2) is 32.8 Å². The van der Waals surface area contributed by atoms with E-state index >= 15 is 0 Å². The van der Waals surface area contributed by atoms with Crippen molar-refractivity contribution in [3.8, 4) is 11.8 Å². The molecule has 1 amide bonds. The fraction of sp³-hybridized carbons (Fsp3) is 0.312. The van der Waals surface area contributed by atoms with E-state index in [2.05, 4.69) is 43.5 Å². The molecule has 0 saturated heterocycles. The molecule has 0 unspecified atom stereocenters. The summed E-state index contributed by atoms with van der Waals surface area (Å²) in [5.74, 6) is 7.22. The van der Waals surface area contributed by atoms with Crippen LogP contribution in [0, 0.1) is 17.8 Å². The van der Waals surface area contributed by atoms with Gasteiger partial charge in [0, 0.05) is 47.2 Å². The van der Waals surface area contributed by atoms with Crippen molar-refractivity contribution in [3.63, 3.8) is 0 Å². The van der Waals surface area contributed by atoms with Gasteiger partial charge in [0.15, 0.2) is 5.82 Å². The highest BCUT2D eigenvalue weighted by molar-refractivity contribution is 5.92. The third-order valence-electron chi connectivity index (χ3n) is 6.63. The Morgan fingerprint density at radius 1 is 0.975 bits per heavy atom. The van der Waals surface area contributed by atoms with E-state index in [9.17, 15) is 4.79 Å². The quantitative estimate of drug-likeness (QED) is 0.339. The first-order valence-corrected chi connectivity index (χ1v) is 13.9. The van der Waals surface area contributed by atoms with Crippen LogP contribution in [0.3, 0.4) is 0 Å². The van der Waals surface area contributed by atoms with E-state index in [0.717, 1.165) is 48.2 Å². The van der Waals surface area contributed by atoms with Crippen molar-refractivity contribution < 1.29 is 4.79 Å². The molecule has 0 spiro atoms. The van der Waals surface area contributed by atoms with Crippen molar-refractivity contribution in [1.29, 1.82) is 0 Å². The molecule has 8 heteroatoms. The molecule has 0 bridgehead atoms. The fourth-order valence-electron chi connectivity index (χ4n) is 4.38.